The molecule has 0 unspecified atom stereocenters. The topological polar surface area (TPSA) is 96.9 Å². The normalized spacial score (nSPS) is 11.2. The zero-order valence-corrected chi connectivity index (χ0v) is 18.4. The maximum atomic E-state index is 12.7. The quantitative estimate of drug-likeness (QED) is 0.433. The lowest BCUT2D eigenvalue weighted by Crippen LogP contribution is -2.25. The molecular formula is C22H23N3O4S2. The van der Waals surface area contributed by atoms with Gasteiger partial charge in [-0.3, -0.25) is 0 Å². The summed E-state index contributed by atoms with van der Waals surface area (Å²) < 4.78 is 36.9. The average Bonchev–Trinajstić information content (AvgIpc) is 2.78. The molecule has 9 heteroatoms. The summed E-state index contributed by atoms with van der Waals surface area (Å²) in [7, 11) is -3.58. The van der Waals surface area contributed by atoms with Crippen LogP contribution in [-0.4, -0.2) is 27.6 Å². The number of carbonyl (C=O) groups is 1. The molecule has 3 aromatic carbocycles. The molecule has 0 heterocycles. The minimum atomic E-state index is -3.58. The number of rotatable bonds is 10. The Labute approximate surface area is 187 Å². The second kappa shape index (κ2) is 10.9. The van der Waals surface area contributed by atoms with Gasteiger partial charge in [-0.1, -0.05) is 48.5 Å². The van der Waals surface area contributed by atoms with E-state index >= 15 is 0 Å². The fourth-order valence-corrected chi connectivity index (χ4v) is 4.48. The van der Waals surface area contributed by atoms with E-state index in [9.17, 15) is 13.2 Å². The summed E-state index contributed by atoms with van der Waals surface area (Å²) in [5, 5.41) is 4.15. The first kappa shape index (κ1) is 22.8. The number of hydrogen-bond acceptors (Lipinski definition) is 5. The first-order valence-corrected chi connectivity index (χ1v) is 11.7. The SMILES string of the molecule is O=C(N=S)Nc1ccccc1OCCCCCNS(=O)(=O)c1cccc2ccccc12. The van der Waals surface area contributed by atoms with Crippen molar-refractivity contribution in [3.63, 3.8) is 0 Å². The van der Waals surface area contributed by atoms with Gasteiger partial charge >= 0.3 is 6.03 Å². The number of nitrogens with one attached hydrogen (secondary N) is 2. The molecule has 0 radical (unpaired) electrons. The van der Waals surface area contributed by atoms with Crippen molar-refractivity contribution in [1.29, 1.82) is 0 Å². The molecule has 7 nitrogen and oxygen atoms in total. The van der Waals surface area contributed by atoms with Crippen molar-refractivity contribution in [1.82, 2.24) is 4.72 Å². The number of hydrogen-bond donors (Lipinski definition) is 2. The van der Waals surface area contributed by atoms with Gasteiger partial charge in [0.2, 0.25) is 10.0 Å². The second-order valence-corrected chi connectivity index (χ2v) is 8.72. The Morgan fingerprint density at radius 2 is 1.68 bits per heavy atom. The van der Waals surface area contributed by atoms with Crippen LogP contribution in [0.2, 0.25) is 0 Å². The van der Waals surface area contributed by atoms with Gasteiger partial charge in [0.05, 0.1) is 17.2 Å². The molecule has 0 spiro atoms. The van der Waals surface area contributed by atoms with E-state index in [1.165, 1.54) is 0 Å². The van der Waals surface area contributed by atoms with E-state index in [2.05, 4.69) is 26.8 Å². The number of urea groups is 1. The maximum Gasteiger partial charge on any atom is 0.356 e. The van der Waals surface area contributed by atoms with Gasteiger partial charge in [-0.15, -0.1) is 4.36 Å². The molecule has 3 aromatic rings. The van der Waals surface area contributed by atoms with E-state index in [0.29, 0.717) is 41.3 Å². The minimum absolute atomic E-state index is 0.290. The van der Waals surface area contributed by atoms with Gasteiger partial charge in [0.1, 0.15) is 5.75 Å². The predicted molar refractivity (Wildman–Crippen MR) is 124 cm³/mol. The zero-order chi connectivity index (χ0) is 22.1. The van der Waals surface area contributed by atoms with E-state index in [-0.39, 0.29) is 0 Å². The van der Waals surface area contributed by atoms with Crippen molar-refractivity contribution in [3.8, 4) is 5.75 Å². The number of anilines is 1. The van der Waals surface area contributed by atoms with Gasteiger partial charge in [0, 0.05) is 24.4 Å². The van der Waals surface area contributed by atoms with Crippen LogP contribution in [0.4, 0.5) is 10.5 Å². The number of unbranched alkanes of at least 4 members (excludes halogenated alkanes) is 2. The zero-order valence-electron chi connectivity index (χ0n) is 16.8. The summed E-state index contributed by atoms with van der Waals surface area (Å²) in [6, 6.07) is 19.1. The molecule has 0 bridgehead atoms. The molecule has 162 valence electrons. The molecule has 3 rings (SSSR count). The number of carbonyl (C=O) groups excluding carboxylic acids is 1. The third kappa shape index (κ3) is 6.30. The molecule has 0 aliphatic heterocycles. The van der Waals surface area contributed by atoms with Crippen LogP contribution in [0.1, 0.15) is 19.3 Å². The van der Waals surface area contributed by atoms with Crippen LogP contribution in [0.15, 0.2) is 76.0 Å². The molecule has 2 N–H and O–H groups in total. The van der Waals surface area contributed by atoms with E-state index in [1.807, 2.05) is 30.3 Å². The molecule has 0 saturated carbocycles. The summed E-state index contributed by atoms with van der Waals surface area (Å²) in [6.45, 7) is 0.784. The Morgan fingerprint density at radius 1 is 0.935 bits per heavy atom. The number of para-hydroxylation sites is 2. The number of fused-ring (bicyclic) bond motifs is 1. The molecule has 0 aliphatic rings. The van der Waals surface area contributed by atoms with E-state index in [1.54, 1.807) is 36.4 Å². The van der Waals surface area contributed by atoms with Crippen LogP contribution in [0.3, 0.4) is 0 Å². The van der Waals surface area contributed by atoms with Crippen LogP contribution in [-0.2, 0) is 22.4 Å². The van der Waals surface area contributed by atoms with Gasteiger partial charge < -0.3 is 10.1 Å². The summed E-state index contributed by atoms with van der Waals surface area (Å²) in [5.41, 5.74) is 0.504. The number of amides is 2. The summed E-state index contributed by atoms with van der Waals surface area (Å²) in [4.78, 5) is 11.6. The lowest BCUT2D eigenvalue weighted by molar-refractivity contribution is 0.259. The largest absolute Gasteiger partial charge is 0.491 e. The van der Waals surface area contributed by atoms with Crippen LogP contribution in [0, 0.1) is 0 Å². The number of benzene rings is 3. The smallest absolute Gasteiger partial charge is 0.356 e. The van der Waals surface area contributed by atoms with Crippen molar-refractivity contribution >= 4 is 44.9 Å². The number of sulfonamides is 1. The molecule has 0 saturated heterocycles. The van der Waals surface area contributed by atoms with Gasteiger partial charge in [-0.2, -0.15) is 0 Å². The lowest BCUT2D eigenvalue weighted by Gasteiger charge is -2.11. The third-order valence-corrected chi connectivity index (χ3v) is 6.31. The first-order chi connectivity index (χ1) is 15.0. The van der Waals surface area contributed by atoms with Gasteiger partial charge in [-0.05, 0) is 42.8 Å². The van der Waals surface area contributed by atoms with E-state index in [4.69, 9.17) is 4.74 Å². The van der Waals surface area contributed by atoms with Crippen molar-refractivity contribution in [2.45, 2.75) is 24.2 Å². The number of ether oxygens (including phenoxy) is 1. The Bertz CT molecular complexity index is 1160. The Hall–Kier alpha value is -2.88. The molecule has 31 heavy (non-hydrogen) atoms. The van der Waals surface area contributed by atoms with Crippen LogP contribution in [0.5, 0.6) is 5.75 Å². The van der Waals surface area contributed by atoms with Crippen molar-refractivity contribution in [3.05, 3.63) is 66.7 Å². The third-order valence-electron chi connectivity index (χ3n) is 4.62. The van der Waals surface area contributed by atoms with Crippen molar-refractivity contribution in [2.24, 2.45) is 4.36 Å². The summed E-state index contributed by atoms with van der Waals surface area (Å²) in [6.07, 6.45) is 2.21. The Kier molecular flexibility index (Phi) is 8.05. The second-order valence-electron chi connectivity index (χ2n) is 6.80. The fraction of sp³-hybridized carbons (Fsp3) is 0.227. The standard InChI is InChI=1S/C22H23N3O4S2/c26-22(25-30)24-19-12-4-5-13-20(19)29-16-7-1-6-15-23-31(27,28)21-14-8-10-17-9-2-3-11-18(17)21/h2-5,8-14,23H,1,6-7,15-16H2,(H,24,26). The molecule has 0 atom stereocenters. The van der Waals surface area contributed by atoms with Crippen LogP contribution >= 0.6 is 0 Å². The maximum absolute atomic E-state index is 12.7. The Balaban J connectivity index is 1.44. The van der Waals surface area contributed by atoms with Gasteiger partial charge in [0.15, 0.2) is 0 Å². The molecule has 0 aromatic heterocycles. The molecule has 0 aliphatic carbocycles. The van der Waals surface area contributed by atoms with Gasteiger partial charge in [-0.25, -0.2) is 17.9 Å². The molecular weight excluding hydrogens is 434 g/mol. The highest BCUT2D eigenvalue weighted by molar-refractivity contribution is 7.89. The van der Waals surface area contributed by atoms with Crippen LogP contribution in [0.25, 0.3) is 10.8 Å². The molecule has 0 fully saturated rings. The summed E-state index contributed by atoms with van der Waals surface area (Å²) in [5.74, 6) is 0.533. The monoisotopic (exact) mass is 457 g/mol. The Morgan fingerprint density at radius 3 is 2.52 bits per heavy atom. The van der Waals surface area contributed by atoms with E-state index < -0.39 is 16.1 Å². The predicted octanol–water partition coefficient (Wildman–Crippen LogP) is 4.63. The lowest BCUT2D eigenvalue weighted by atomic mass is 10.1. The fourth-order valence-electron chi connectivity index (χ4n) is 3.13. The van der Waals surface area contributed by atoms with Crippen molar-refractivity contribution < 1.29 is 17.9 Å². The summed E-state index contributed by atoms with van der Waals surface area (Å²) >= 11 is 4.37. The van der Waals surface area contributed by atoms with E-state index in [0.717, 1.165) is 18.2 Å². The van der Waals surface area contributed by atoms with Gasteiger partial charge in [0.25, 0.3) is 0 Å². The first-order valence-electron chi connectivity index (χ1n) is 9.85. The highest BCUT2D eigenvalue weighted by Crippen LogP contribution is 2.24. The highest BCUT2D eigenvalue weighted by Gasteiger charge is 2.16. The van der Waals surface area contributed by atoms with Crippen LogP contribution < -0.4 is 14.8 Å². The molecule has 2 amide bonds. The number of nitrogens with zero attached hydrogens (tertiary/aromatic N) is 1. The van der Waals surface area contributed by atoms with Crippen molar-refractivity contribution in [2.75, 3.05) is 18.5 Å². The highest BCUT2D eigenvalue weighted by atomic mass is 32.2. The minimum Gasteiger partial charge on any atom is -0.491 e. The average molecular weight is 458 g/mol.